The first kappa shape index (κ1) is 12.9. The van der Waals surface area contributed by atoms with E-state index in [2.05, 4.69) is 27.9 Å². The molecule has 0 saturated carbocycles. The fraction of sp³-hybridized carbons (Fsp3) is 1.00. The Morgan fingerprint density at radius 2 is 1.38 bits per heavy atom. The summed E-state index contributed by atoms with van der Waals surface area (Å²) in [5.41, 5.74) is 0. The maximum absolute atomic E-state index is 2.42. The van der Waals surface area contributed by atoms with E-state index in [1.165, 1.54) is 36.6 Å². The summed E-state index contributed by atoms with van der Waals surface area (Å²) >= 11 is 0. The monoisotopic (exact) mass is 187 g/mol. The van der Waals surface area contributed by atoms with Gasteiger partial charge in [-0.1, -0.05) is 13.8 Å². The minimum absolute atomic E-state index is 0. The summed E-state index contributed by atoms with van der Waals surface area (Å²) in [6, 6.07) is 1.84. The summed E-state index contributed by atoms with van der Waals surface area (Å²) in [4.78, 5) is 0. The van der Waals surface area contributed by atoms with E-state index < -0.39 is 0 Å². The van der Waals surface area contributed by atoms with Crippen LogP contribution < -0.4 is 0 Å². The number of rotatable bonds is 2. The second-order valence-corrected chi connectivity index (χ2v) is 4.68. The molecule has 0 aromatic rings. The van der Waals surface area contributed by atoms with Gasteiger partial charge in [0.2, 0.25) is 0 Å². The third kappa shape index (κ3) is 2.44. The number of likely N-dealkylation sites (tertiary alicyclic amines) is 1. The molecule has 1 fully saturated rings. The Hall–Kier alpha value is -0.0800. The van der Waals surface area contributed by atoms with Crippen LogP contribution in [0.15, 0.2) is 0 Å². The van der Waals surface area contributed by atoms with Crippen LogP contribution in [-0.2, 0) is 0 Å². The molecular weight excluding hydrogens is 162 g/mol. The Kier molecular flexibility index (Phi) is 4.93. The molecule has 2 atom stereocenters. The van der Waals surface area contributed by atoms with Gasteiger partial charge in [-0.05, 0) is 32.1 Å². The number of nitrogens with zero attached hydrogens (tertiary/aromatic N) is 1. The minimum atomic E-state index is 0. The van der Waals surface area contributed by atoms with E-state index >= 15 is 0 Å². The number of hydrogen-bond acceptors (Lipinski definition) is 1. The van der Waals surface area contributed by atoms with E-state index in [4.69, 9.17) is 0 Å². The van der Waals surface area contributed by atoms with Crippen LogP contribution in [0.2, 0.25) is 0 Å². The first-order chi connectivity index (χ1) is 5.62. The zero-order valence-electron chi connectivity index (χ0n) is 9.58. The van der Waals surface area contributed by atoms with E-state index in [-0.39, 0.29) is 5.48 Å². The Bertz CT molecular complexity index is 131. The summed E-state index contributed by atoms with van der Waals surface area (Å²) < 4.78 is 1.27. The van der Waals surface area contributed by atoms with E-state index in [0.717, 1.165) is 12.1 Å². The van der Waals surface area contributed by atoms with Crippen LogP contribution in [0.5, 0.6) is 0 Å². The Labute approximate surface area is 82.8 Å². The summed E-state index contributed by atoms with van der Waals surface area (Å²) in [7, 11) is 4.84. The molecule has 1 rings (SSSR count). The molecule has 2 nitrogen and oxygen atoms in total. The average Bonchev–Trinajstić information content (AvgIpc) is 2.03. The zero-order chi connectivity index (χ0) is 9.19. The lowest BCUT2D eigenvalue weighted by Gasteiger charge is -2.47. The molecule has 0 spiro atoms. The second-order valence-electron chi connectivity index (χ2n) is 4.68. The molecule has 1 N–H and O–H groups in total. The second kappa shape index (κ2) is 4.97. The highest BCUT2D eigenvalue weighted by atomic mass is 16.0. The van der Waals surface area contributed by atoms with Crippen molar-refractivity contribution in [3.8, 4) is 0 Å². The van der Waals surface area contributed by atoms with Gasteiger partial charge in [0.25, 0.3) is 0 Å². The lowest BCUT2D eigenvalue weighted by Crippen LogP contribution is -2.57. The molecule has 1 heterocycles. The molecule has 1 aliphatic heterocycles. The topological polar surface area (TPSA) is 30.0 Å². The first-order valence-electron chi connectivity index (χ1n) is 5.46. The van der Waals surface area contributed by atoms with Crippen LogP contribution in [0, 0.1) is 0 Å². The molecule has 0 aromatic heterocycles. The summed E-state index contributed by atoms with van der Waals surface area (Å²) in [5.74, 6) is 0. The lowest BCUT2D eigenvalue weighted by atomic mass is 9.90. The van der Waals surface area contributed by atoms with Crippen molar-refractivity contribution in [3.05, 3.63) is 0 Å². The van der Waals surface area contributed by atoms with Crippen LogP contribution in [0.1, 0.15) is 46.0 Å². The summed E-state index contributed by atoms with van der Waals surface area (Å²) in [6.45, 7) is 4.67. The third-order valence-corrected chi connectivity index (χ3v) is 3.90. The highest BCUT2D eigenvalue weighted by molar-refractivity contribution is 4.69. The van der Waals surface area contributed by atoms with Crippen LogP contribution in [0.25, 0.3) is 0 Å². The summed E-state index contributed by atoms with van der Waals surface area (Å²) in [6.07, 6.45) is 7.05. The first-order valence-corrected chi connectivity index (χ1v) is 5.46. The highest BCUT2D eigenvalue weighted by Gasteiger charge is 2.37. The van der Waals surface area contributed by atoms with Crippen molar-refractivity contribution in [1.29, 1.82) is 0 Å². The van der Waals surface area contributed by atoms with Crippen molar-refractivity contribution in [2.45, 2.75) is 58.0 Å². The molecule has 1 saturated heterocycles. The van der Waals surface area contributed by atoms with Crippen molar-refractivity contribution in [1.82, 2.24) is 0 Å². The molecule has 80 valence electrons. The van der Waals surface area contributed by atoms with Gasteiger partial charge in [0, 0.05) is 0 Å². The number of hydrogen-bond donors (Lipinski definition) is 0. The largest absolute Gasteiger partial charge is 0.870 e. The van der Waals surface area contributed by atoms with Crippen molar-refractivity contribution in [2.24, 2.45) is 0 Å². The highest BCUT2D eigenvalue weighted by Crippen LogP contribution is 2.30. The maximum atomic E-state index is 2.42. The van der Waals surface area contributed by atoms with Crippen LogP contribution in [0.4, 0.5) is 0 Å². The molecule has 0 aromatic carbocycles. The van der Waals surface area contributed by atoms with Crippen LogP contribution in [-0.4, -0.2) is 36.1 Å². The molecule has 0 aliphatic carbocycles. The Balaban J connectivity index is 0.00000144. The fourth-order valence-electron chi connectivity index (χ4n) is 2.90. The molecule has 2 unspecified atom stereocenters. The van der Waals surface area contributed by atoms with Gasteiger partial charge in [-0.25, -0.2) is 0 Å². The zero-order valence-corrected chi connectivity index (χ0v) is 9.58. The lowest BCUT2D eigenvalue weighted by molar-refractivity contribution is -0.944. The van der Waals surface area contributed by atoms with E-state index in [1.54, 1.807) is 0 Å². The molecule has 1 aliphatic rings. The van der Waals surface area contributed by atoms with Crippen LogP contribution in [0.3, 0.4) is 0 Å². The minimum Gasteiger partial charge on any atom is -0.870 e. The van der Waals surface area contributed by atoms with Gasteiger partial charge in [-0.15, -0.1) is 0 Å². The molecule has 2 heteroatoms. The van der Waals surface area contributed by atoms with Gasteiger partial charge in [-0.2, -0.15) is 0 Å². The van der Waals surface area contributed by atoms with Gasteiger partial charge < -0.3 is 9.96 Å². The average molecular weight is 187 g/mol. The standard InChI is InChI=1S/C11H24N.H2O/c1-5-10-8-7-9-11(6-2)12(10,3)4;/h10-11H,5-9H2,1-4H3;1H2/q+1;/p-1. The van der Waals surface area contributed by atoms with Crippen molar-refractivity contribution < 1.29 is 9.96 Å². The van der Waals surface area contributed by atoms with E-state index in [1.807, 2.05) is 0 Å². The molecular formula is C11H25NO. The SMILES string of the molecule is CCC1CCCC(CC)[N+]1(C)C.[OH-]. The van der Waals surface area contributed by atoms with Gasteiger partial charge >= 0.3 is 0 Å². The van der Waals surface area contributed by atoms with E-state index in [0.29, 0.717) is 0 Å². The van der Waals surface area contributed by atoms with E-state index in [9.17, 15) is 0 Å². The number of quaternary nitrogens is 1. The Morgan fingerprint density at radius 1 is 1.00 bits per heavy atom. The maximum Gasteiger partial charge on any atom is 0.0885 e. The van der Waals surface area contributed by atoms with Gasteiger partial charge in [0.1, 0.15) is 0 Å². The predicted octanol–water partition coefficient (Wildman–Crippen LogP) is 2.63. The van der Waals surface area contributed by atoms with Crippen molar-refractivity contribution in [3.63, 3.8) is 0 Å². The molecule has 0 radical (unpaired) electrons. The van der Waals surface area contributed by atoms with Gasteiger partial charge in [0.15, 0.2) is 0 Å². The predicted molar refractivity (Wildman–Crippen MR) is 56.1 cm³/mol. The number of piperidine rings is 1. The van der Waals surface area contributed by atoms with Crippen molar-refractivity contribution >= 4 is 0 Å². The quantitative estimate of drug-likeness (QED) is 0.611. The fourth-order valence-corrected chi connectivity index (χ4v) is 2.90. The third-order valence-electron chi connectivity index (χ3n) is 3.90. The normalized spacial score (nSPS) is 32.3. The van der Waals surface area contributed by atoms with Gasteiger partial charge in [-0.3, -0.25) is 0 Å². The molecule has 0 amide bonds. The smallest absolute Gasteiger partial charge is 0.0885 e. The van der Waals surface area contributed by atoms with Crippen LogP contribution >= 0.6 is 0 Å². The van der Waals surface area contributed by atoms with Gasteiger partial charge in [0.05, 0.1) is 26.2 Å². The molecule has 0 bridgehead atoms. The van der Waals surface area contributed by atoms with Crippen molar-refractivity contribution in [2.75, 3.05) is 14.1 Å². The summed E-state index contributed by atoms with van der Waals surface area (Å²) in [5, 5.41) is 0. The Morgan fingerprint density at radius 3 is 1.69 bits per heavy atom. The molecule has 13 heavy (non-hydrogen) atoms.